The third-order valence-electron chi connectivity index (χ3n) is 5.78. The summed E-state index contributed by atoms with van der Waals surface area (Å²) in [7, 11) is 4.41. The van der Waals surface area contributed by atoms with Gasteiger partial charge in [0, 0.05) is 22.6 Å². The number of carbonyl (C=O) groups excluding carboxylic acids is 2. The van der Waals surface area contributed by atoms with E-state index in [9.17, 15) is 9.59 Å². The number of hydrogen-bond donors (Lipinski definition) is 4. The zero-order valence-corrected chi connectivity index (χ0v) is 22.9. The van der Waals surface area contributed by atoms with Crippen molar-refractivity contribution in [1.82, 2.24) is 5.32 Å². The maximum atomic E-state index is 12.8. The lowest BCUT2D eigenvalue weighted by Gasteiger charge is -2.15. The molecule has 0 fully saturated rings. The second-order valence-corrected chi connectivity index (χ2v) is 8.83. The van der Waals surface area contributed by atoms with Gasteiger partial charge < -0.3 is 30.2 Å². The maximum Gasteiger partial charge on any atom is 0.323 e. The first-order valence-electron chi connectivity index (χ1n) is 12.2. The van der Waals surface area contributed by atoms with E-state index in [1.165, 1.54) is 33.5 Å². The Bertz CT molecular complexity index is 1490. The quantitative estimate of drug-likeness (QED) is 0.193. The smallest absolute Gasteiger partial charge is 0.323 e. The van der Waals surface area contributed by atoms with E-state index in [0.717, 1.165) is 11.1 Å². The summed E-state index contributed by atoms with van der Waals surface area (Å²) in [5, 5.41) is 11.3. The molecule has 40 heavy (non-hydrogen) atoms. The number of rotatable bonds is 8. The number of ether oxygens (including phenoxy) is 3. The molecular formula is C30H28N4O5S. The largest absolute Gasteiger partial charge is 0.493 e. The van der Waals surface area contributed by atoms with Gasteiger partial charge in [-0.3, -0.25) is 10.1 Å². The number of urea groups is 1. The number of amides is 3. The highest BCUT2D eigenvalue weighted by Gasteiger charge is 2.18. The van der Waals surface area contributed by atoms with E-state index in [1.54, 1.807) is 24.3 Å². The van der Waals surface area contributed by atoms with Crippen LogP contribution >= 0.6 is 12.2 Å². The topological polar surface area (TPSA) is 110 Å². The average Bonchev–Trinajstić information content (AvgIpc) is 2.97. The molecule has 9 nitrogen and oxygen atoms in total. The lowest BCUT2D eigenvalue weighted by atomic mass is 10.1. The first-order chi connectivity index (χ1) is 19.4. The van der Waals surface area contributed by atoms with Gasteiger partial charge in [0.15, 0.2) is 16.6 Å². The van der Waals surface area contributed by atoms with Crippen LogP contribution in [0, 0.1) is 0 Å². The van der Waals surface area contributed by atoms with Gasteiger partial charge in [-0.2, -0.15) is 0 Å². The van der Waals surface area contributed by atoms with E-state index < -0.39 is 11.9 Å². The summed E-state index contributed by atoms with van der Waals surface area (Å²) >= 11 is 5.32. The molecule has 4 N–H and O–H groups in total. The van der Waals surface area contributed by atoms with E-state index in [0.29, 0.717) is 34.3 Å². The Morgan fingerprint density at radius 1 is 0.625 bits per heavy atom. The summed E-state index contributed by atoms with van der Waals surface area (Å²) in [4.78, 5) is 25.4. The SMILES string of the molecule is COc1cc(C(=O)NC(=S)Nc2cccc(NC(=O)Nc3ccc(-c4ccccc4)cc3)c2)cc(OC)c1OC. The Hall–Kier alpha value is -5.09. The van der Waals surface area contributed by atoms with Gasteiger partial charge in [-0.05, 0) is 65.8 Å². The summed E-state index contributed by atoms with van der Waals surface area (Å²) in [5.41, 5.74) is 4.17. The molecule has 0 aliphatic rings. The van der Waals surface area contributed by atoms with Crippen molar-refractivity contribution in [3.05, 3.63) is 96.6 Å². The normalized spacial score (nSPS) is 10.2. The van der Waals surface area contributed by atoms with Gasteiger partial charge in [-0.1, -0.05) is 48.5 Å². The van der Waals surface area contributed by atoms with Gasteiger partial charge in [0.25, 0.3) is 5.91 Å². The zero-order valence-electron chi connectivity index (χ0n) is 22.1. The molecular weight excluding hydrogens is 528 g/mol. The van der Waals surface area contributed by atoms with Crippen molar-refractivity contribution in [3.63, 3.8) is 0 Å². The molecule has 0 spiro atoms. The molecule has 204 valence electrons. The van der Waals surface area contributed by atoms with Crippen LogP contribution in [-0.2, 0) is 0 Å². The molecule has 0 atom stereocenters. The Labute approximate surface area is 237 Å². The second kappa shape index (κ2) is 13.1. The molecule has 4 aromatic rings. The summed E-state index contributed by atoms with van der Waals surface area (Å²) in [6, 6.07) is 27.1. The Morgan fingerprint density at radius 2 is 1.20 bits per heavy atom. The number of hydrogen-bond acceptors (Lipinski definition) is 6. The summed E-state index contributed by atoms with van der Waals surface area (Å²) in [6.07, 6.45) is 0. The molecule has 0 saturated carbocycles. The zero-order chi connectivity index (χ0) is 28.5. The summed E-state index contributed by atoms with van der Waals surface area (Å²) in [6.45, 7) is 0. The molecule has 0 aromatic heterocycles. The van der Waals surface area contributed by atoms with Crippen LogP contribution in [0.3, 0.4) is 0 Å². The van der Waals surface area contributed by atoms with Crippen LogP contribution in [-0.4, -0.2) is 38.4 Å². The van der Waals surface area contributed by atoms with Crippen LogP contribution in [0.2, 0.25) is 0 Å². The summed E-state index contributed by atoms with van der Waals surface area (Å²) in [5.74, 6) is 0.591. The fourth-order valence-corrected chi connectivity index (χ4v) is 4.11. The predicted octanol–water partition coefficient (Wildman–Crippen LogP) is 6.15. The second-order valence-electron chi connectivity index (χ2n) is 8.43. The monoisotopic (exact) mass is 556 g/mol. The van der Waals surface area contributed by atoms with Crippen molar-refractivity contribution in [2.24, 2.45) is 0 Å². The molecule has 0 aliphatic heterocycles. The van der Waals surface area contributed by atoms with Gasteiger partial charge in [0.05, 0.1) is 21.3 Å². The van der Waals surface area contributed by atoms with E-state index >= 15 is 0 Å². The van der Waals surface area contributed by atoms with Crippen LogP contribution in [0.25, 0.3) is 11.1 Å². The van der Waals surface area contributed by atoms with Crippen LogP contribution in [0.4, 0.5) is 21.9 Å². The molecule has 4 aromatic carbocycles. The van der Waals surface area contributed by atoms with E-state index in [2.05, 4.69) is 21.3 Å². The molecule has 0 saturated heterocycles. The molecule has 10 heteroatoms. The first kappa shape index (κ1) is 27.9. The number of nitrogens with one attached hydrogen (secondary N) is 4. The van der Waals surface area contributed by atoms with Crippen molar-refractivity contribution in [3.8, 4) is 28.4 Å². The van der Waals surface area contributed by atoms with E-state index in [1.807, 2.05) is 54.6 Å². The molecule has 0 bridgehead atoms. The van der Waals surface area contributed by atoms with Gasteiger partial charge in [0.2, 0.25) is 5.75 Å². The first-order valence-corrected chi connectivity index (χ1v) is 12.6. The minimum atomic E-state index is -0.469. The van der Waals surface area contributed by atoms with Gasteiger partial charge in [-0.15, -0.1) is 0 Å². The Morgan fingerprint density at radius 3 is 1.80 bits per heavy atom. The molecule has 4 rings (SSSR count). The molecule has 0 heterocycles. The van der Waals surface area contributed by atoms with Crippen LogP contribution < -0.4 is 35.5 Å². The maximum absolute atomic E-state index is 12.8. The fourth-order valence-electron chi connectivity index (χ4n) is 3.89. The molecule has 3 amide bonds. The van der Waals surface area contributed by atoms with E-state index in [4.69, 9.17) is 26.4 Å². The Balaban J connectivity index is 1.34. The van der Waals surface area contributed by atoms with Crippen molar-refractivity contribution < 1.29 is 23.8 Å². The van der Waals surface area contributed by atoms with Crippen molar-refractivity contribution in [1.29, 1.82) is 0 Å². The van der Waals surface area contributed by atoms with Crippen LogP contribution in [0.15, 0.2) is 91.0 Å². The van der Waals surface area contributed by atoms with Crippen LogP contribution in [0.5, 0.6) is 17.2 Å². The van der Waals surface area contributed by atoms with Gasteiger partial charge in [0.1, 0.15) is 0 Å². The molecule has 0 aliphatic carbocycles. The lowest BCUT2D eigenvalue weighted by Crippen LogP contribution is -2.34. The highest BCUT2D eigenvalue weighted by atomic mass is 32.1. The standard InChI is InChI=1S/C30H28N4O5S/c1-37-25-16-21(17-26(38-2)27(25)39-3)28(35)34-30(40)33-24-11-7-10-23(18-24)32-29(36)31-22-14-12-20(13-15-22)19-8-5-4-6-9-19/h4-18H,1-3H3,(H2,31,32,36)(H2,33,34,35,40). The summed E-state index contributed by atoms with van der Waals surface area (Å²) < 4.78 is 15.9. The number of anilines is 3. The molecule has 0 unspecified atom stereocenters. The number of carbonyl (C=O) groups is 2. The Kier molecular flexibility index (Phi) is 9.16. The third kappa shape index (κ3) is 7.06. The van der Waals surface area contributed by atoms with E-state index in [-0.39, 0.29) is 10.7 Å². The van der Waals surface area contributed by atoms with Crippen molar-refractivity contribution in [2.75, 3.05) is 37.3 Å². The molecule has 0 radical (unpaired) electrons. The number of thiocarbonyl (C=S) groups is 1. The lowest BCUT2D eigenvalue weighted by molar-refractivity contribution is 0.0977. The highest BCUT2D eigenvalue weighted by Crippen LogP contribution is 2.38. The average molecular weight is 557 g/mol. The minimum Gasteiger partial charge on any atom is -0.493 e. The van der Waals surface area contributed by atoms with Crippen LogP contribution in [0.1, 0.15) is 10.4 Å². The third-order valence-corrected chi connectivity index (χ3v) is 5.99. The number of benzene rings is 4. The predicted molar refractivity (Wildman–Crippen MR) is 161 cm³/mol. The fraction of sp³-hybridized carbons (Fsp3) is 0.100. The minimum absolute atomic E-state index is 0.0684. The van der Waals surface area contributed by atoms with Gasteiger partial charge in [-0.25, -0.2) is 4.79 Å². The van der Waals surface area contributed by atoms with Crippen molar-refractivity contribution in [2.45, 2.75) is 0 Å². The van der Waals surface area contributed by atoms with Gasteiger partial charge >= 0.3 is 6.03 Å². The number of methoxy groups -OCH3 is 3. The highest BCUT2D eigenvalue weighted by molar-refractivity contribution is 7.80. The van der Waals surface area contributed by atoms with Crippen molar-refractivity contribution >= 4 is 46.3 Å².